The van der Waals surface area contributed by atoms with Crippen LogP contribution in [0.4, 0.5) is 0 Å². The van der Waals surface area contributed by atoms with E-state index in [0.29, 0.717) is 0 Å². The molecule has 29 heavy (non-hydrogen) atoms. The summed E-state index contributed by atoms with van der Waals surface area (Å²) in [5, 5.41) is 2.92. The van der Waals surface area contributed by atoms with Crippen molar-refractivity contribution in [2.75, 3.05) is 6.61 Å². The molecule has 1 aliphatic carbocycles. The number of esters is 1. The van der Waals surface area contributed by atoms with Crippen LogP contribution in [-0.2, 0) is 14.3 Å². The third-order valence-electron chi connectivity index (χ3n) is 5.54. The smallest absolute Gasteiger partial charge is 0.330 e. The molecule has 156 valence electrons. The van der Waals surface area contributed by atoms with Crippen LogP contribution in [0.2, 0.25) is 0 Å². The van der Waals surface area contributed by atoms with Gasteiger partial charge in [-0.1, -0.05) is 51.7 Å². The van der Waals surface area contributed by atoms with Gasteiger partial charge in [0.15, 0.2) is 6.61 Å². The number of amides is 3. The van der Waals surface area contributed by atoms with Gasteiger partial charge in [0.1, 0.15) is 6.04 Å². The van der Waals surface area contributed by atoms with E-state index in [0.717, 1.165) is 30.6 Å². The number of rotatable bonds is 6. The molecule has 1 aromatic rings. The Kier molecular flexibility index (Phi) is 6.67. The highest BCUT2D eigenvalue weighted by atomic mass is 16.5. The van der Waals surface area contributed by atoms with Gasteiger partial charge < -0.3 is 10.1 Å². The molecule has 0 unspecified atom stereocenters. The zero-order chi connectivity index (χ0) is 21.0. The second kappa shape index (κ2) is 9.20. The molecule has 0 aromatic heterocycles. The number of nitrogens with one attached hydrogen (secondary N) is 1. The highest BCUT2D eigenvalue weighted by molar-refractivity contribution is 6.22. The van der Waals surface area contributed by atoms with Crippen LogP contribution in [0.1, 0.15) is 73.1 Å². The van der Waals surface area contributed by atoms with E-state index in [-0.39, 0.29) is 29.0 Å². The van der Waals surface area contributed by atoms with Crippen LogP contribution in [0, 0.1) is 5.92 Å². The zero-order valence-corrected chi connectivity index (χ0v) is 17.0. The van der Waals surface area contributed by atoms with Gasteiger partial charge in [-0.25, -0.2) is 4.79 Å². The lowest BCUT2D eigenvalue weighted by Crippen LogP contribution is -2.49. The summed E-state index contributed by atoms with van der Waals surface area (Å²) in [6.45, 7) is 3.06. The zero-order valence-electron chi connectivity index (χ0n) is 17.0. The minimum Gasteiger partial charge on any atom is -0.454 e. The minimum atomic E-state index is -1.08. The number of hydrogen-bond acceptors (Lipinski definition) is 5. The largest absolute Gasteiger partial charge is 0.454 e. The van der Waals surface area contributed by atoms with Crippen molar-refractivity contribution in [2.24, 2.45) is 5.92 Å². The summed E-state index contributed by atoms with van der Waals surface area (Å²) in [5.41, 5.74) is 0.559. The average molecular weight is 400 g/mol. The second-order valence-electron chi connectivity index (χ2n) is 8.08. The number of imide groups is 1. The maximum atomic E-state index is 12.7. The van der Waals surface area contributed by atoms with Crippen LogP contribution >= 0.6 is 0 Å². The lowest BCUT2D eigenvalue weighted by Gasteiger charge is -2.27. The maximum absolute atomic E-state index is 12.7. The average Bonchev–Trinajstić information content (AvgIpc) is 2.87. The molecule has 1 atom stereocenters. The van der Waals surface area contributed by atoms with Crippen molar-refractivity contribution in [1.29, 1.82) is 0 Å². The fourth-order valence-corrected chi connectivity index (χ4v) is 4.05. The summed E-state index contributed by atoms with van der Waals surface area (Å²) in [7, 11) is 0. The predicted molar refractivity (Wildman–Crippen MR) is 106 cm³/mol. The van der Waals surface area contributed by atoms with Crippen molar-refractivity contribution in [3.63, 3.8) is 0 Å². The molecule has 0 radical (unpaired) electrons. The molecule has 3 rings (SSSR count). The summed E-state index contributed by atoms with van der Waals surface area (Å²) >= 11 is 0. The normalized spacial score (nSPS) is 18.4. The van der Waals surface area contributed by atoms with E-state index in [1.54, 1.807) is 38.1 Å². The summed E-state index contributed by atoms with van der Waals surface area (Å²) in [4.78, 5) is 51.3. The van der Waals surface area contributed by atoms with Crippen molar-refractivity contribution >= 4 is 23.7 Å². The standard InChI is InChI=1S/C22H28N2O5/c1-14(2)19(24-20(26)16-11-7-8-12-17(16)21(24)27)22(28)29-13-18(25)23-15-9-5-3-4-6-10-15/h7-8,11-12,14-15,19H,3-6,9-10,13H2,1-2H3,(H,23,25)/t19-/m0/s1. The van der Waals surface area contributed by atoms with Crippen LogP contribution < -0.4 is 5.32 Å². The number of carbonyl (C=O) groups is 4. The topological polar surface area (TPSA) is 92.8 Å². The highest BCUT2D eigenvalue weighted by Gasteiger charge is 2.44. The molecule has 0 spiro atoms. The van der Waals surface area contributed by atoms with Gasteiger partial charge in [-0.2, -0.15) is 0 Å². The van der Waals surface area contributed by atoms with Crippen LogP contribution in [0.25, 0.3) is 0 Å². The first-order chi connectivity index (χ1) is 13.9. The second-order valence-corrected chi connectivity index (χ2v) is 8.08. The molecule has 2 aliphatic rings. The molecule has 7 nitrogen and oxygen atoms in total. The van der Waals surface area contributed by atoms with Crippen molar-refractivity contribution in [2.45, 2.75) is 64.5 Å². The number of carbonyl (C=O) groups excluding carboxylic acids is 4. The van der Waals surface area contributed by atoms with Gasteiger partial charge in [0.2, 0.25) is 0 Å². The van der Waals surface area contributed by atoms with Gasteiger partial charge in [-0.15, -0.1) is 0 Å². The van der Waals surface area contributed by atoms with E-state index >= 15 is 0 Å². The molecule has 1 saturated carbocycles. The Morgan fingerprint density at radius 1 is 1.03 bits per heavy atom. The summed E-state index contributed by atoms with van der Waals surface area (Å²) in [6, 6.07) is 5.52. The molecule has 0 saturated heterocycles. The summed E-state index contributed by atoms with van der Waals surface area (Å²) < 4.78 is 5.21. The predicted octanol–water partition coefficient (Wildman–Crippen LogP) is 2.69. The van der Waals surface area contributed by atoms with Crippen LogP contribution in [-0.4, -0.2) is 47.3 Å². The van der Waals surface area contributed by atoms with Crippen molar-refractivity contribution in [1.82, 2.24) is 10.2 Å². The third kappa shape index (κ3) is 4.66. The number of benzene rings is 1. The lowest BCUT2D eigenvalue weighted by molar-refractivity contribution is -0.153. The van der Waals surface area contributed by atoms with Gasteiger partial charge in [0.25, 0.3) is 17.7 Å². The molecular weight excluding hydrogens is 372 g/mol. The highest BCUT2D eigenvalue weighted by Crippen LogP contribution is 2.27. The molecule has 1 N–H and O–H groups in total. The van der Waals surface area contributed by atoms with Crippen LogP contribution in [0.5, 0.6) is 0 Å². The van der Waals surface area contributed by atoms with E-state index in [2.05, 4.69) is 5.32 Å². The van der Waals surface area contributed by atoms with Gasteiger partial charge in [0.05, 0.1) is 11.1 Å². The Balaban J connectivity index is 1.62. The van der Waals surface area contributed by atoms with Crippen LogP contribution in [0.15, 0.2) is 24.3 Å². The molecule has 3 amide bonds. The summed E-state index contributed by atoms with van der Waals surface area (Å²) in [5.74, 6) is -2.47. The van der Waals surface area contributed by atoms with Gasteiger partial charge in [-0.3, -0.25) is 19.3 Å². The molecular formula is C22H28N2O5. The maximum Gasteiger partial charge on any atom is 0.330 e. The van der Waals surface area contributed by atoms with Crippen molar-refractivity contribution < 1.29 is 23.9 Å². The Morgan fingerprint density at radius 2 is 1.59 bits per heavy atom. The van der Waals surface area contributed by atoms with Crippen molar-refractivity contribution in [3.05, 3.63) is 35.4 Å². The van der Waals surface area contributed by atoms with Crippen LogP contribution in [0.3, 0.4) is 0 Å². The SMILES string of the molecule is CC(C)[C@@H](C(=O)OCC(=O)NC1CCCCCC1)N1C(=O)c2ccccc2C1=O. The Labute approximate surface area is 170 Å². The number of hydrogen-bond donors (Lipinski definition) is 1. The van der Waals surface area contributed by atoms with E-state index in [4.69, 9.17) is 4.74 Å². The van der Waals surface area contributed by atoms with Gasteiger partial charge >= 0.3 is 5.97 Å². The molecule has 1 heterocycles. The van der Waals surface area contributed by atoms with Gasteiger partial charge in [0, 0.05) is 6.04 Å². The first-order valence-electron chi connectivity index (χ1n) is 10.3. The first kappa shape index (κ1) is 21.0. The van der Waals surface area contributed by atoms with Gasteiger partial charge in [-0.05, 0) is 30.9 Å². The van der Waals surface area contributed by atoms with E-state index in [1.807, 2.05) is 0 Å². The first-order valence-corrected chi connectivity index (χ1v) is 10.3. The quantitative estimate of drug-likeness (QED) is 0.450. The Bertz CT molecular complexity index is 761. The fraction of sp³-hybridized carbons (Fsp3) is 0.545. The number of ether oxygens (including phenoxy) is 1. The molecule has 1 aliphatic heterocycles. The lowest BCUT2D eigenvalue weighted by atomic mass is 10.0. The molecule has 1 fully saturated rings. The number of fused-ring (bicyclic) bond motifs is 1. The Morgan fingerprint density at radius 3 is 2.10 bits per heavy atom. The monoisotopic (exact) mass is 400 g/mol. The van der Waals surface area contributed by atoms with Crippen molar-refractivity contribution in [3.8, 4) is 0 Å². The molecule has 0 bridgehead atoms. The fourth-order valence-electron chi connectivity index (χ4n) is 4.05. The van der Waals surface area contributed by atoms with E-state index in [9.17, 15) is 19.2 Å². The van der Waals surface area contributed by atoms with E-state index < -0.39 is 30.4 Å². The molecule has 1 aromatic carbocycles. The van der Waals surface area contributed by atoms with E-state index in [1.165, 1.54) is 12.8 Å². The Hall–Kier alpha value is -2.70. The summed E-state index contributed by atoms with van der Waals surface area (Å²) in [6.07, 6.45) is 6.39. The minimum absolute atomic E-state index is 0.112. The number of nitrogens with zero attached hydrogens (tertiary/aromatic N) is 1. The molecule has 7 heteroatoms. The third-order valence-corrected chi connectivity index (χ3v) is 5.54.